The molecule has 0 amide bonds. The van der Waals surface area contributed by atoms with Crippen molar-refractivity contribution in [1.29, 1.82) is 0 Å². The lowest BCUT2D eigenvalue weighted by Crippen LogP contribution is -2.30. The molecule has 0 saturated heterocycles. The third-order valence-electron chi connectivity index (χ3n) is 13.8. The van der Waals surface area contributed by atoms with Crippen molar-refractivity contribution in [2.45, 2.75) is 316 Å². The van der Waals surface area contributed by atoms with E-state index in [1.807, 2.05) is 6.08 Å². The number of hydrogen-bond donors (Lipinski definition) is 0. The Kier molecular flexibility index (Phi) is 60.8. The third kappa shape index (κ3) is 61.2. The average molecular weight is 1060 g/mol. The highest BCUT2D eigenvalue weighted by atomic mass is 16.6. The van der Waals surface area contributed by atoms with Gasteiger partial charge in [0.25, 0.3) is 0 Å². The molecule has 76 heavy (non-hydrogen) atoms. The Balaban J connectivity index is 4.40. The van der Waals surface area contributed by atoms with Crippen molar-refractivity contribution in [3.05, 3.63) is 97.2 Å². The molecule has 0 bridgehead atoms. The summed E-state index contributed by atoms with van der Waals surface area (Å²) in [5, 5.41) is 0. The molecule has 436 valence electrons. The molecule has 0 aromatic carbocycles. The van der Waals surface area contributed by atoms with Crippen LogP contribution >= 0.6 is 0 Å². The summed E-state index contributed by atoms with van der Waals surface area (Å²) in [7, 11) is 0. The Morgan fingerprint density at radius 3 is 0.855 bits per heavy atom. The van der Waals surface area contributed by atoms with Crippen LogP contribution in [0, 0.1) is 0 Å². The molecule has 1 unspecified atom stereocenters. The normalized spacial score (nSPS) is 12.7. The van der Waals surface area contributed by atoms with E-state index in [1.54, 1.807) is 0 Å². The summed E-state index contributed by atoms with van der Waals surface area (Å²) in [5.74, 6) is -0.994. The van der Waals surface area contributed by atoms with Crippen LogP contribution in [0.3, 0.4) is 0 Å². The molecule has 0 aliphatic heterocycles. The van der Waals surface area contributed by atoms with Crippen LogP contribution in [-0.4, -0.2) is 37.2 Å². The van der Waals surface area contributed by atoms with Crippen LogP contribution < -0.4 is 0 Å². The molecule has 0 aromatic rings. The molecule has 0 saturated carbocycles. The number of rotatable bonds is 58. The van der Waals surface area contributed by atoms with E-state index >= 15 is 0 Å². The van der Waals surface area contributed by atoms with Crippen molar-refractivity contribution in [2.24, 2.45) is 0 Å². The first-order chi connectivity index (χ1) is 37.5. The SMILES string of the molecule is CC/C=C\C/C=C\C/C=C\C/C=C\C/C=C\C/C=C\CCC(=O)OC(COC(=O)CCCCCCC/C=C\CCCCCCC)COC(=O)CCCCCCCCCCCCCCC/C=C\CCCCCCCCCC. The van der Waals surface area contributed by atoms with E-state index in [2.05, 4.69) is 112 Å². The molecule has 0 fully saturated rings. The zero-order chi connectivity index (χ0) is 55.0. The predicted octanol–water partition coefficient (Wildman–Crippen LogP) is 22.0. The first kappa shape index (κ1) is 72.3. The van der Waals surface area contributed by atoms with Crippen LogP contribution in [0.2, 0.25) is 0 Å². The number of ether oxygens (including phenoxy) is 3. The summed E-state index contributed by atoms with van der Waals surface area (Å²) < 4.78 is 16.8. The Bertz CT molecular complexity index is 1490. The Morgan fingerprint density at radius 2 is 0.539 bits per heavy atom. The summed E-state index contributed by atoms with van der Waals surface area (Å²) >= 11 is 0. The second-order valence-corrected chi connectivity index (χ2v) is 21.3. The molecule has 0 N–H and O–H groups in total. The van der Waals surface area contributed by atoms with Gasteiger partial charge < -0.3 is 14.2 Å². The topological polar surface area (TPSA) is 78.9 Å². The lowest BCUT2D eigenvalue weighted by atomic mass is 10.0. The molecule has 6 nitrogen and oxygen atoms in total. The molecule has 1 atom stereocenters. The van der Waals surface area contributed by atoms with Gasteiger partial charge in [0.2, 0.25) is 0 Å². The van der Waals surface area contributed by atoms with Gasteiger partial charge >= 0.3 is 17.9 Å². The molecule has 0 heterocycles. The summed E-state index contributed by atoms with van der Waals surface area (Å²) in [6, 6.07) is 0. The standard InChI is InChI=1S/C70H120O6/c1-4-7-10-13-16-19-22-25-28-30-32-33-34-35-36-37-39-40-42-45-48-51-54-57-60-63-69(72)75-66-67(65-74-68(71)62-59-56-53-50-47-44-27-24-21-18-15-12-9-6-3)76-70(73)64-61-58-55-52-49-46-43-41-38-31-29-26-23-20-17-14-11-8-5-2/h8,11,17,20,24,26-27,29-30,32,38,41,46,49,55,58,67H,4-7,9-10,12-16,18-19,21-23,25,28,31,33-37,39-40,42-45,47-48,50-54,56-57,59-66H2,1-3H3/b11-8-,20-17-,27-24-,29-26-,32-30-,41-38-,49-46-,58-55-. The Morgan fingerprint density at radius 1 is 0.276 bits per heavy atom. The minimum atomic E-state index is -0.823. The van der Waals surface area contributed by atoms with Crippen LogP contribution in [-0.2, 0) is 28.6 Å². The number of carbonyl (C=O) groups is 3. The van der Waals surface area contributed by atoms with E-state index in [0.29, 0.717) is 19.3 Å². The van der Waals surface area contributed by atoms with Gasteiger partial charge in [-0.05, 0) is 109 Å². The van der Waals surface area contributed by atoms with E-state index in [-0.39, 0.29) is 31.6 Å². The minimum absolute atomic E-state index is 0.109. The van der Waals surface area contributed by atoms with Crippen LogP contribution in [0.5, 0.6) is 0 Å². The van der Waals surface area contributed by atoms with Crippen molar-refractivity contribution in [3.8, 4) is 0 Å². The van der Waals surface area contributed by atoms with Crippen molar-refractivity contribution in [2.75, 3.05) is 13.2 Å². The molecule has 0 spiro atoms. The Hall–Kier alpha value is -3.67. The van der Waals surface area contributed by atoms with E-state index in [0.717, 1.165) is 89.9 Å². The molecule has 0 aliphatic rings. The average Bonchev–Trinajstić information content (AvgIpc) is 3.42. The second kappa shape index (κ2) is 63.9. The predicted molar refractivity (Wildman–Crippen MR) is 330 cm³/mol. The Labute approximate surface area is 470 Å². The number of esters is 3. The minimum Gasteiger partial charge on any atom is -0.462 e. The fraction of sp³-hybridized carbons (Fsp3) is 0.729. The maximum absolute atomic E-state index is 12.9. The van der Waals surface area contributed by atoms with Crippen LogP contribution in [0.4, 0.5) is 0 Å². The lowest BCUT2D eigenvalue weighted by molar-refractivity contribution is -0.166. The van der Waals surface area contributed by atoms with Crippen LogP contribution in [0.25, 0.3) is 0 Å². The van der Waals surface area contributed by atoms with Crippen molar-refractivity contribution < 1.29 is 28.6 Å². The maximum Gasteiger partial charge on any atom is 0.306 e. The quantitative estimate of drug-likeness (QED) is 0.0261. The first-order valence-corrected chi connectivity index (χ1v) is 32.2. The van der Waals surface area contributed by atoms with Crippen molar-refractivity contribution in [3.63, 3.8) is 0 Å². The summed E-state index contributed by atoms with van der Waals surface area (Å²) in [4.78, 5) is 38.3. The fourth-order valence-corrected chi connectivity index (χ4v) is 8.99. The van der Waals surface area contributed by atoms with E-state index in [9.17, 15) is 14.4 Å². The van der Waals surface area contributed by atoms with Gasteiger partial charge in [-0.15, -0.1) is 0 Å². The third-order valence-corrected chi connectivity index (χ3v) is 13.8. The molecule has 6 heteroatoms. The molecular formula is C70H120O6. The fourth-order valence-electron chi connectivity index (χ4n) is 8.99. The smallest absolute Gasteiger partial charge is 0.306 e. The lowest BCUT2D eigenvalue weighted by Gasteiger charge is -2.18. The summed E-state index contributed by atoms with van der Waals surface area (Å²) in [5.41, 5.74) is 0. The van der Waals surface area contributed by atoms with Gasteiger partial charge in [0.1, 0.15) is 13.2 Å². The zero-order valence-electron chi connectivity index (χ0n) is 50.0. The molecular weight excluding hydrogens is 937 g/mol. The highest BCUT2D eigenvalue weighted by molar-refractivity contribution is 5.71. The van der Waals surface area contributed by atoms with E-state index < -0.39 is 12.1 Å². The molecule has 0 radical (unpaired) electrons. The monoisotopic (exact) mass is 1060 g/mol. The van der Waals surface area contributed by atoms with Crippen LogP contribution in [0.15, 0.2) is 97.2 Å². The van der Waals surface area contributed by atoms with Gasteiger partial charge in [0.15, 0.2) is 6.10 Å². The van der Waals surface area contributed by atoms with Gasteiger partial charge in [-0.2, -0.15) is 0 Å². The summed E-state index contributed by atoms with van der Waals surface area (Å²) in [6.07, 6.45) is 85.8. The van der Waals surface area contributed by atoms with Crippen LogP contribution in [0.1, 0.15) is 310 Å². The van der Waals surface area contributed by atoms with E-state index in [4.69, 9.17) is 14.2 Å². The number of carbonyl (C=O) groups excluding carboxylic acids is 3. The van der Waals surface area contributed by atoms with Crippen molar-refractivity contribution in [1.82, 2.24) is 0 Å². The highest BCUT2D eigenvalue weighted by Gasteiger charge is 2.19. The molecule has 0 aliphatic carbocycles. The molecule has 0 aromatic heterocycles. The molecule has 0 rings (SSSR count). The summed E-state index contributed by atoms with van der Waals surface area (Å²) in [6.45, 7) is 6.47. The van der Waals surface area contributed by atoms with E-state index in [1.165, 1.54) is 173 Å². The number of hydrogen-bond acceptors (Lipinski definition) is 6. The maximum atomic E-state index is 12.9. The largest absolute Gasteiger partial charge is 0.462 e. The van der Waals surface area contributed by atoms with Gasteiger partial charge in [-0.1, -0.05) is 279 Å². The first-order valence-electron chi connectivity index (χ1n) is 32.2. The zero-order valence-corrected chi connectivity index (χ0v) is 50.0. The van der Waals surface area contributed by atoms with Gasteiger partial charge in [-0.3, -0.25) is 14.4 Å². The van der Waals surface area contributed by atoms with Gasteiger partial charge in [0.05, 0.1) is 0 Å². The highest BCUT2D eigenvalue weighted by Crippen LogP contribution is 2.16. The van der Waals surface area contributed by atoms with Crippen molar-refractivity contribution >= 4 is 17.9 Å². The number of unbranched alkanes of at least 4 members (excludes halogenated alkanes) is 31. The number of allylic oxidation sites excluding steroid dienone is 16. The second-order valence-electron chi connectivity index (χ2n) is 21.3. The van der Waals surface area contributed by atoms with Gasteiger partial charge in [-0.25, -0.2) is 0 Å². The van der Waals surface area contributed by atoms with Gasteiger partial charge in [0, 0.05) is 19.3 Å².